The molecule has 0 aliphatic carbocycles. The largest absolute Gasteiger partial charge is 0.494 e. The van der Waals surface area contributed by atoms with Crippen LogP contribution in [0.25, 0.3) is 5.69 Å². The SMILES string of the molecule is CN1CCN(CCCCOc2ccc(-n3ccccc3=O)cc2)CC1. The summed E-state index contributed by atoms with van der Waals surface area (Å²) in [5.74, 6) is 0.854. The van der Waals surface area contributed by atoms with Crippen molar-refractivity contribution >= 4 is 0 Å². The Kier molecular flexibility index (Phi) is 6.25. The van der Waals surface area contributed by atoms with Gasteiger partial charge in [-0.2, -0.15) is 0 Å². The van der Waals surface area contributed by atoms with Crippen LogP contribution >= 0.6 is 0 Å². The summed E-state index contributed by atoms with van der Waals surface area (Å²) in [6.07, 6.45) is 4.00. The summed E-state index contributed by atoms with van der Waals surface area (Å²) in [6, 6.07) is 12.8. The first-order valence-corrected chi connectivity index (χ1v) is 9.04. The van der Waals surface area contributed by atoms with Gasteiger partial charge in [0.05, 0.1) is 6.61 Å². The van der Waals surface area contributed by atoms with Gasteiger partial charge in [0.2, 0.25) is 0 Å². The molecule has 5 heteroatoms. The van der Waals surface area contributed by atoms with Gasteiger partial charge in [0.1, 0.15) is 5.75 Å². The molecule has 25 heavy (non-hydrogen) atoms. The number of hydrogen-bond donors (Lipinski definition) is 0. The zero-order valence-corrected chi connectivity index (χ0v) is 14.9. The van der Waals surface area contributed by atoms with Gasteiger partial charge in [-0.1, -0.05) is 6.07 Å². The maximum Gasteiger partial charge on any atom is 0.255 e. The fourth-order valence-corrected chi connectivity index (χ4v) is 3.04. The average Bonchev–Trinajstić information content (AvgIpc) is 2.64. The Bertz CT molecular complexity index is 703. The molecule has 0 bridgehead atoms. The Balaban J connectivity index is 1.39. The predicted molar refractivity (Wildman–Crippen MR) is 101 cm³/mol. The third-order valence-corrected chi connectivity index (χ3v) is 4.67. The van der Waals surface area contributed by atoms with E-state index in [1.165, 1.54) is 32.6 Å². The summed E-state index contributed by atoms with van der Waals surface area (Å²) < 4.78 is 7.44. The van der Waals surface area contributed by atoms with E-state index in [0.29, 0.717) is 0 Å². The Morgan fingerprint density at radius 1 is 0.960 bits per heavy atom. The molecule has 1 aromatic carbocycles. The number of hydrogen-bond acceptors (Lipinski definition) is 4. The quantitative estimate of drug-likeness (QED) is 0.724. The number of piperazine rings is 1. The maximum atomic E-state index is 11.8. The van der Waals surface area contributed by atoms with Crippen molar-refractivity contribution < 1.29 is 4.74 Å². The molecule has 3 rings (SSSR count). The summed E-state index contributed by atoms with van der Waals surface area (Å²) in [7, 11) is 2.19. The second-order valence-corrected chi connectivity index (χ2v) is 6.60. The molecule has 1 aromatic heterocycles. The van der Waals surface area contributed by atoms with Gasteiger partial charge in [-0.3, -0.25) is 9.36 Å². The molecule has 0 unspecified atom stereocenters. The zero-order chi connectivity index (χ0) is 17.5. The Morgan fingerprint density at radius 2 is 1.72 bits per heavy atom. The molecule has 2 aromatic rings. The molecule has 5 nitrogen and oxygen atoms in total. The highest BCUT2D eigenvalue weighted by Gasteiger charge is 2.12. The van der Waals surface area contributed by atoms with E-state index in [4.69, 9.17) is 4.74 Å². The van der Waals surface area contributed by atoms with Crippen LogP contribution in [0.3, 0.4) is 0 Å². The minimum Gasteiger partial charge on any atom is -0.494 e. The molecule has 1 aliphatic rings. The number of rotatable bonds is 7. The topological polar surface area (TPSA) is 37.7 Å². The standard InChI is InChI=1S/C20H27N3O2/c1-21-13-15-22(16-14-21)11-4-5-17-25-19-9-7-18(8-10-19)23-12-3-2-6-20(23)24/h2-3,6-10,12H,4-5,11,13-17H2,1H3. The number of benzene rings is 1. The van der Waals surface area contributed by atoms with Gasteiger partial charge in [0.25, 0.3) is 5.56 Å². The minimum absolute atomic E-state index is 0.0277. The monoisotopic (exact) mass is 341 g/mol. The number of ether oxygens (including phenoxy) is 1. The van der Waals surface area contributed by atoms with Gasteiger partial charge >= 0.3 is 0 Å². The molecule has 0 amide bonds. The number of unbranched alkanes of at least 4 members (excludes halogenated alkanes) is 1. The molecule has 0 spiro atoms. The highest BCUT2D eigenvalue weighted by molar-refractivity contribution is 5.37. The van der Waals surface area contributed by atoms with Gasteiger partial charge in [-0.25, -0.2) is 0 Å². The van der Waals surface area contributed by atoms with Gasteiger partial charge in [-0.05, 0) is 56.8 Å². The van der Waals surface area contributed by atoms with E-state index in [1.807, 2.05) is 30.3 Å². The molecule has 0 radical (unpaired) electrons. The van der Waals surface area contributed by atoms with Crippen LogP contribution in [-0.2, 0) is 0 Å². The van der Waals surface area contributed by atoms with Crippen molar-refractivity contribution in [3.63, 3.8) is 0 Å². The predicted octanol–water partition coefficient (Wildman–Crippen LogP) is 2.24. The lowest BCUT2D eigenvalue weighted by atomic mass is 10.2. The number of nitrogens with zero attached hydrogens (tertiary/aromatic N) is 3. The van der Waals surface area contributed by atoms with Crippen molar-refractivity contribution in [3.8, 4) is 11.4 Å². The van der Waals surface area contributed by atoms with Crippen molar-refractivity contribution in [1.29, 1.82) is 0 Å². The van der Waals surface area contributed by atoms with Crippen molar-refractivity contribution in [2.45, 2.75) is 12.8 Å². The Hall–Kier alpha value is -2.11. The van der Waals surface area contributed by atoms with Gasteiger partial charge < -0.3 is 14.5 Å². The van der Waals surface area contributed by atoms with Crippen molar-refractivity contribution in [2.75, 3.05) is 46.4 Å². The number of aromatic nitrogens is 1. The summed E-state index contributed by atoms with van der Waals surface area (Å²) >= 11 is 0. The summed E-state index contributed by atoms with van der Waals surface area (Å²) in [4.78, 5) is 16.7. The van der Waals surface area contributed by atoms with Crippen molar-refractivity contribution in [3.05, 3.63) is 59.0 Å². The van der Waals surface area contributed by atoms with Crippen LogP contribution in [0, 0.1) is 0 Å². The molecule has 1 aliphatic heterocycles. The van der Waals surface area contributed by atoms with Gasteiger partial charge in [-0.15, -0.1) is 0 Å². The molecule has 0 saturated carbocycles. The van der Waals surface area contributed by atoms with Crippen LogP contribution in [0.2, 0.25) is 0 Å². The zero-order valence-electron chi connectivity index (χ0n) is 14.9. The Morgan fingerprint density at radius 3 is 2.44 bits per heavy atom. The van der Waals surface area contributed by atoms with Crippen LogP contribution in [-0.4, -0.2) is 60.7 Å². The first kappa shape index (κ1) is 17.7. The summed E-state index contributed by atoms with van der Waals surface area (Å²) in [5, 5.41) is 0. The van der Waals surface area contributed by atoms with E-state index in [1.54, 1.807) is 22.9 Å². The van der Waals surface area contributed by atoms with Crippen LogP contribution < -0.4 is 10.3 Å². The first-order chi connectivity index (χ1) is 12.2. The summed E-state index contributed by atoms with van der Waals surface area (Å²) in [6.45, 7) is 6.60. The molecular weight excluding hydrogens is 314 g/mol. The number of likely N-dealkylation sites (N-methyl/N-ethyl adjacent to an activating group) is 1. The lowest BCUT2D eigenvalue weighted by molar-refractivity contribution is 0.150. The van der Waals surface area contributed by atoms with Crippen LogP contribution in [0.5, 0.6) is 5.75 Å². The lowest BCUT2D eigenvalue weighted by Crippen LogP contribution is -2.44. The third kappa shape index (κ3) is 5.18. The molecule has 1 saturated heterocycles. The van der Waals surface area contributed by atoms with Crippen LogP contribution in [0.4, 0.5) is 0 Å². The summed E-state index contributed by atoms with van der Waals surface area (Å²) in [5.41, 5.74) is 0.827. The van der Waals surface area contributed by atoms with E-state index in [0.717, 1.165) is 31.0 Å². The fourth-order valence-electron chi connectivity index (χ4n) is 3.04. The first-order valence-electron chi connectivity index (χ1n) is 9.04. The molecule has 2 heterocycles. The van der Waals surface area contributed by atoms with E-state index in [9.17, 15) is 4.79 Å². The van der Waals surface area contributed by atoms with Crippen molar-refractivity contribution in [2.24, 2.45) is 0 Å². The molecule has 0 N–H and O–H groups in total. The van der Waals surface area contributed by atoms with Crippen LogP contribution in [0.15, 0.2) is 53.5 Å². The normalized spacial score (nSPS) is 16.0. The molecule has 134 valence electrons. The Labute approximate surface area is 149 Å². The van der Waals surface area contributed by atoms with E-state index in [-0.39, 0.29) is 5.56 Å². The fraction of sp³-hybridized carbons (Fsp3) is 0.450. The third-order valence-electron chi connectivity index (χ3n) is 4.67. The maximum absolute atomic E-state index is 11.8. The van der Waals surface area contributed by atoms with E-state index < -0.39 is 0 Å². The smallest absolute Gasteiger partial charge is 0.255 e. The minimum atomic E-state index is -0.0277. The molecule has 0 atom stereocenters. The van der Waals surface area contributed by atoms with Gasteiger partial charge in [0, 0.05) is 44.1 Å². The second kappa shape index (κ2) is 8.83. The lowest BCUT2D eigenvalue weighted by Gasteiger charge is -2.32. The van der Waals surface area contributed by atoms with Gasteiger partial charge in [0.15, 0.2) is 0 Å². The van der Waals surface area contributed by atoms with Crippen molar-refractivity contribution in [1.82, 2.24) is 14.4 Å². The highest BCUT2D eigenvalue weighted by Crippen LogP contribution is 2.14. The number of pyridine rings is 1. The average molecular weight is 341 g/mol. The van der Waals surface area contributed by atoms with E-state index >= 15 is 0 Å². The molecular formula is C20H27N3O2. The van der Waals surface area contributed by atoms with E-state index in [2.05, 4.69) is 16.8 Å². The van der Waals surface area contributed by atoms with Crippen LogP contribution in [0.1, 0.15) is 12.8 Å². The molecule has 1 fully saturated rings. The highest BCUT2D eigenvalue weighted by atomic mass is 16.5. The second-order valence-electron chi connectivity index (χ2n) is 6.60.